The van der Waals surface area contributed by atoms with E-state index in [0.29, 0.717) is 13.0 Å². The standard InChI is InChI=1S/C13H20N2O/c1-4-15(13(16)9-10-14-3)12-7-5-11(2)6-8-12/h5-8,14H,4,9-10H2,1-3H3. The second-order valence-electron chi connectivity index (χ2n) is 3.83. The molecule has 3 nitrogen and oxygen atoms in total. The molecular weight excluding hydrogens is 200 g/mol. The molecule has 0 aliphatic carbocycles. The van der Waals surface area contributed by atoms with Gasteiger partial charge in [0.15, 0.2) is 0 Å². The van der Waals surface area contributed by atoms with Crippen molar-refractivity contribution in [1.82, 2.24) is 5.32 Å². The summed E-state index contributed by atoms with van der Waals surface area (Å²) in [5.74, 6) is 0.167. The van der Waals surface area contributed by atoms with E-state index < -0.39 is 0 Å². The van der Waals surface area contributed by atoms with Gasteiger partial charge in [-0.1, -0.05) is 17.7 Å². The van der Waals surface area contributed by atoms with Gasteiger partial charge in [-0.3, -0.25) is 4.79 Å². The van der Waals surface area contributed by atoms with Crippen LogP contribution in [0.4, 0.5) is 5.69 Å². The van der Waals surface area contributed by atoms with Crippen LogP contribution in [0.1, 0.15) is 18.9 Å². The molecule has 1 amide bonds. The fourth-order valence-electron chi connectivity index (χ4n) is 1.59. The molecule has 1 aromatic carbocycles. The summed E-state index contributed by atoms with van der Waals surface area (Å²) in [5.41, 5.74) is 2.19. The normalized spacial score (nSPS) is 10.2. The van der Waals surface area contributed by atoms with Crippen LogP contribution in [0.25, 0.3) is 0 Å². The van der Waals surface area contributed by atoms with E-state index in [0.717, 1.165) is 12.2 Å². The lowest BCUT2D eigenvalue weighted by Gasteiger charge is -2.21. The number of rotatable bonds is 5. The maximum atomic E-state index is 11.9. The monoisotopic (exact) mass is 220 g/mol. The van der Waals surface area contributed by atoms with Crippen LogP contribution in [-0.4, -0.2) is 26.0 Å². The number of hydrogen-bond donors (Lipinski definition) is 1. The van der Waals surface area contributed by atoms with Gasteiger partial charge in [-0.2, -0.15) is 0 Å². The topological polar surface area (TPSA) is 32.3 Å². The Hall–Kier alpha value is -1.35. The molecule has 0 spiro atoms. The van der Waals surface area contributed by atoms with Crippen LogP contribution in [0.2, 0.25) is 0 Å². The third-order valence-electron chi connectivity index (χ3n) is 2.55. The fourth-order valence-corrected chi connectivity index (χ4v) is 1.59. The van der Waals surface area contributed by atoms with Crippen molar-refractivity contribution in [3.8, 4) is 0 Å². The van der Waals surface area contributed by atoms with Gasteiger partial charge in [0.2, 0.25) is 5.91 Å². The van der Waals surface area contributed by atoms with E-state index >= 15 is 0 Å². The minimum absolute atomic E-state index is 0.167. The molecule has 0 aliphatic heterocycles. The first-order valence-corrected chi connectivity index (χ1v) is 5.70. The van der Waals surface area contributed by atoms with E-state index in [9.17, 15) is 4.79 Å². The summed E-state index contributed by atoms with van der Waals surface area (Å²) in [6.45, 7) is 5.48. The van der Waals surface area contributed by atoms with E-state index in [-0.39, 0.29) is 5.91 Å². The van der Waals surface area contributed by atoms with Gasteiger partial charge in [0.05, 0.1) is 0 Å². The largest absolute Gasteiger partial charge is 0.319 e. The van der Waals surface area contributed by atoms with E-state index in [1.165, 1.54) is 5.56 Å². The van der Waals surface area contributed by atoms with E-state index in [1.807, 2.05) is 50.1 Å². The molecule has 0 radical (unpaired) electrons. The minimum atomic E-state index is 0.167. The molecule has 1 rings (SSSR count). The molecule has 0 saturated heterocycles. The summed E-state index contributed by atoms with van der Waals surface area (Å²) < 4.78 is 0. The number of hydrogen-bond acceptors (Lipinski definition) is 2. The number of benzene rings is 1. The number of anilines is 1. The molecule has 0 heterocycles. The highest BCUT2D eigenvalue weighted by Gasteiger charge is 2.12. The number of nitrogens with one attached hydrogen (secondary N) is 1. The Balaban J connectivity index is 2.73. The highest BCUT2D eigenvalue weighted by atomic mass is 16.2. The number of nitrogens with zero attached hydrogens (tertiary/aromatic N) is 1. The van der Waals surface area contributed by atoms with Gasteiger partial charge in [-0.05, 0) is 33.0 Å². The molecule has 1 N–H and O–H groups in total. The zero-order chi connectivity index (χ0) is 12.0. The molecule has 0 saturated carbocycles. The Labute approximate surface area is 97.5 Å². The number of carbonyl (C=O) groups excluding carboxylic acids is 1. The molecule has 16 heavy (non-hydrogen) atoms. The second-order valence-corrected chi connectivity index (χ2v) is 3.83. The molecule has 0 unspecified atom stereocenters. The van der Waals surface area contributed by atoms with E-state index in [1.54, 1.807) is 0 Å². The first kappa shape index (κ1) is 12.7. The van der Waals surface area contributed by atoms with E-state index in [2.05, 4.69) is 5.32 Å². The summed E-state index contributed by atoms with van der Waals surface area (Å²) >= 11 is 0. The average Bonchev–Trinajstić information content (AvgIpc) is 2.30. The van der Waals surface area contributed by atoms with Gasteiger partial charge >= 0.3 is 0 Å². The number of aryl methyl sites for hydroxylation is 1. The summed E-state index contributed by atoms with van der Waals surface area (Å²) in [6.07, 6.45) is 0.540. The number of amides is 1. The lowest BCUT2D eigenvalue weighted by molar-refractivity contribution is -0.118. The molecule has 0 fully saturated rings. The van der Waals surface area contributed by atoms with Crippen molar-refractivity contribution in [1.29, 1.82) is 0 Å². The summed E-state index contributed by atoms with van der Waals surface area (Å²) in [5, 5.41) is 2.99. The summed E-state index contributed by atoms with van der Waals surface area (Å²) in [7, 11) is 1.86. The lowest BCUT2D eigenvalue weighted by Crippen LogP contribution is -2.32. The molecule has 88 valence electrons. The predicted molar refractivity (Wildman–Crippen MR) is 67.7 cm³/mol. The van der Waals surface area contributed by atoms with Gasteiger partial charge in [-0.25, -0.2) is 0 Å². The Morgan fingerprint density at radius 3 is 2.44 bits per heavy atom. The van der Waals surface area contributed by atoms with Crippen LogP contribution in [0.5, 0.6) is 0 Å². The fraction of sp³-hybridized carbons (Fsp3) is 0.462. The smallest absolute Gasteiger partial charge is 0.228 e. The molecule has 3 heteroatoms. The SMILES string of the molecule is CCN(C(=O)CCNC)c1ccc(C)cc1. The number of carbonyl (C=O) groups is 1. The first-order valence-electron chi connectivity index (χ1n) is 5.70. The zero-order valence-corrected chi connectivity index (χ0v) is 10.3. The first-order chi connectivity index (χ1) is 7.69. The van der Waals surface area contributed by atoms with Gasteiger partial charge in [0.25, 0.3) is 0 Å². The molecular formula is C13H20N2O. The highest BCUT2D eigenvalue weighted by molar-refractivity contribution is 5.93. The van der Waals surface area contributed by atoms with Crippen molar-refractivity contribution in [2.75, 3.05) is 25.0 Å². The quantitative estimate of drug-likeness (QED) is 0.822. The Morgan fingerprint density at radius 1 is 1.31 bits per heavy atom. The Bertz CT molecular complexity index is 332. The van der Waals surface area contributed by atoms with Crippen LogP contribution >= 0.6 is 0 Å². The van der Waals surface area contributed by atoms with Crippen molar-refractivity contribution in [2.24, 2.45) is 0 Å². The lowest BCUT2D eigenvalue weighted by atomic mass is 10.2. The molecule has 0 atom stereocenters. The molecule has 1 aromatic rings. The van der Waals surface area contributed by atoms with Crippen LogP contribution < -0.4 is 10.2 Å². The van der Waals surface area contributed by atoms with Crippen LogP contribution in [-0.2, 0) is 4.79 Å². The minimum Gasteiger partial charge on any atom is -0.319 e. The highest BCUT2D eigenvalue weighted by Crippen LogP contribution is 2.15. The van der Waals surface area contributed by atoms with Gasteiger partial charge < -0.3 is 10.2 Å². The molecule has 0 aromatic heterocycles. The van der Waals surface area contributed by atoms with Crippen molar-refractivity contribution < 1.29 is 4.79 Å². The zero-order valence-electron chi connectivity index (χ0n) is 10.3. The van der Waals surface area contributed by atoms with Crippen LogP contribution in [0.3, 0.4) is 0 Å². The molecule has 0 bridgehead atoms. The van der Waals surface area contributed by atoms with Gasteiger partial charge in [-0.15, -0.1) is 0 Å². The van der Waals surface area contributed by atoms with Crippen LogP contribution in [0.15, 0.2) is 24.3 Å². The average molecular weight is 220 g/mol. The van der Waals surface area contributed by atoms with Crippen molar-refractivity contribution in [3.63, 3.8) is 0 Å². The third-order valence-corrected chi connectivity index (χ3v) is 2.55. The van der Waals surface area contributed by atoms with Gasteiger partial charge in [0.1, 0.15) is 0 Å². The van der Waals surface area contributed by atoms with Gasteiger partial charge in [0, 0.05) is 25.2 Å². The summed E-state index contributed by atoms with van der Waals surface area (Å²) in [6, 6.07) is 8.05. The van der Waals surface area contributed by atoms with Crippen molar-refractivity contribution in [3.05, 3.63) is 29.8 Å². The van der Waals surface area contributed by atoms with Crippen molar-refractivity contribution in [2.45, 2.75) is 20.3 Å². The molecule has 0 aliphatic rings. The summed E-state index contributed by atoms with van der Waals surface area (Å²) in [4.78, 5) is 13.7. The predicted octanol–water partition coefficient (Wildman–Crippen LogP) is 1.96. The Morgan fingerprint density at radius 2 is 1.94 bits per heavy atom. The maximum Gasteiger partial charge on any atom is 0.228 e. The van der Waals surface area contributed by atoms with Crippen LogP contribution in [0, 0.1) is 6.92 Å². The maximum absolute atomic E-state index is 11.9. The second kappa shape index (κ2) is 6.28. The third kappa shape index (κ3) is 3.35. The van der Waals surface area contributed by atoms with Crippen molar-refractivity contribution >= 4 is 11.6 Å². The van der Waals surface area contributed by atoms with E-state index in [4.69, 9.17) is 0 Å². The Kier molecular flexibility index (Phi) is 4.99.